The van der Waals surface area contributed by atoms with Gasteiger partial charge in [-0.25, -0.2) is 4.79 Å². The van der Waals surface area contributed by atoms with E-state index in [1.807, 2.05) is 24.3 Å². The van der Waals surface area contributed by atoms with Crippen LogP contribution in [0.2, 0.25) is 0 Å². The van der Waals surface area contributed by atoms with Crippen molar-refractivity contribution in [3.8, 4) is 6.07 Å². The fourth-order valence-corrected chi connectivity index (χ4v) is 2.01. The molecule has 20 heavy (non-hydrogen) atoms. The summed E-state index contributed by atoms with van der Waals surface area (Å²) in [6.45, 7) is 0.572. The summed E-state index contributed by atoms with van der Waals surface area (Å²) in [7, 11) is 0. The summed E-state index contributed by atoms with van der Waals surface area (Å²) in [6.07, 6.45) is 0.586. The molecule has 0 aliphatic heterocycles. The van der Waals surface area contributed by atoms with Crippen LogP contribution >= 0.6 is 0 Å². The standard InChI is InChI=1S/C16H14N2O2/c17-11-13-6-2-4-8-15(13)18-10-9-12-5-1-3-7-14(12)16(19)20/h1-8,18H,9-10H2,(H,19,20). The van der Waals surface area contributed by atoms with Gasteiger partial charge in [0, 0.05) is 6.54 Å². The molecular weight excluding hydrogens is 252 g/mol. The highest BCUT2D eigenvalue weighted by Gasteiger charge is 2.08. The van der Waals surface area contributed by atoms with Crippen LogP contribution in [0, 0.1) is 11.3 Å². The molecule has 2 aromatic carbocycles. The van der Waals surface area contributed by atoms with E-state index in [0.29, 0.717) is 24.1 Å². The van der Waals surface area contributed by atoms with Crippen LogP contribution in [-0.2, 0) is 6.42 Å². The molecule has 4 nitrogen and oxygen atoms in total. The maximum Gasteiger partial charge on any atom is 0.335 e. The van der Waals surface area contributed by atoms with Crippen LogP contribution < -0.4 is 5.32 Å². The van der Waals surface area contributed by atoms with Gasteiger partial charge in [-0.2, -0.15) is 5.26 Å². The smallest absolute Gasteiger partial charge is 0.335 e. The van der Waals surface area contributed by atoms with E-state index in [0.717, 1.165) is 11.3 Å². The molecule has 4 heteroatoms. The average molecular weight is 266 g/mol. The minimum atomic E-state index is -0.918. The van der Waals surface area contributed by atoms with E-state index in [-0.39, 0.29) is 0 Å². The molecule has 0 amide bonds. The quantitative estimate of drug-likeness (QED) is 0.872. The number of benzene rings is 2. The van der Waals surface area contributed by atoms with Crippen LogP contribution in [-0.4, -0.2) is 17.6 Å². The average Bonchev–Trinajstić information content (AvgIpc) is 2.48. The third-order valence-corrected chi connectivity index (χ3v) is 3.01. The first kappa shape index (κ1) is 13.6. The summed E-state index contributed by atoms with van der Waals surface area (Å²) in [5.41, 5.74) is 2.45. The van der Waals surface area contributed by atoms with E-state index < -0.39 is 5.97 Å². The van der Waals surface area contributed by atoms with Crippen molar-refractivity contribution in [2.24, 2.45) is 0 Å². The van der Waals surface area contributed by atoms with Crippen molar-refractivity contribution in [1.29, 1.82) is 5.26 Å². The second-order valence-corrected chi connectivity index (χ2v) is 4.30. The summed E-state index contributed by atoms with van der Waals surface area (Å²) < 4.78 is 0. The highest BCUT2D eigenvalue weighted by Crippen LogP contribution is 2.14. The number of anilines is 1. The van der Waals surface area contributed by atoms with E-state index in [1.54, 1.807) is 24.3 Å². The molecule has 0 atom stereocenters. The second kappa shape index (κ2) is 6.39. The van der Waals surface area contributed by atoms with Gasteiger partial charge in [-0.1, -0.05) is 30.3 Å². The summed E-state index contributed by atoms with van der Waals surface area (Å²) in [5, 5.41) is 21.2. The van der Waals surface area contributed by atoms with Crippen LogP contribution in [0.5, 0.6) is 0 Å². The molecule has 100 valence electrons. The van der Waals surface area contributed by atoms with Crippen LogP contribution in [0.4, 0.5) is 5.69 Å². The Morgan fingerprint density at radius 1 is 1.15 bits per heavy atom. The van der Waals surface area contributed by atoms with E-state index in [9.17, 15) is 4.79 Å². The lowest BCUT2D eigenvalue weighted by molar-refractivity contribution is 0.0695. The van der Waals surface area contributed by atoms with E-state index in [4.69, 9.17) is 10.4 Å². The summed E-state index contributed by atoms with van der Waals surface area (Å²) in [6, 6.07) is 16.3. The van der Waals surface area contributed by atoms with Gasteiger partial charge in [0.15, 0.2) is 0 Å². The van der Waals surface area contributed by atoms with Crippen LogP contribution in [0.25, 0.3) is 0 Å². The van der Waals surface area contributed by atoms with Gasteiger partial charge in [-0.15, -0.1) is 0 Å². The number of nitriles is 1. The Labute approximate surface area is 117 Å². The first-order valence-electron chi connectivity index (χ1n) is 6.26. The van der Waals surface area contributed by atoms with Gasteiger partial charge in [0.1, 0.15) is 6.07 Å². The fourth-order valence-electron chi connectivity index (χ4n) is 2.01. The summed E-state index contributed by atoms with van der Waals surface area (Å²) in [5.74, 6) is -0.918. The third kappa shape index (κ3) is 3.15. The van der Waals surface area contributed by atoms with Crippen molar-refractivity contribution in [2.75, 3.05) is 11.9 Å². The van der Waals surface area contributed by atoms with Crippen molar-refractivity contribution < 1.29 is 9.90 Å². The number of hydrogen-bond donors (Lipinski definition) is 2. The van der Waals surface area contributed by atoms with Gasteiger partial charge in [-0.05, 0) is 30.2 Å². The molecule has 0 bridgehead atoms. The third-order valence-electron chi connectivity index (χ3n) is 3.01. The van der Waals surface area contributed by atoms with Crippen LogP contribution in [0.1, 0.15) is 21.5 Å². The molecule has 0 fully saturated rings. The monoisotopic (exact) mass is 266 g/mol. The summed E-state index contributed by atoms with van der Waals surface area (Å²) in [4.78, 5) is 11.1. The molecule has 2 aromatic rings. The Hall–Kier alpha value is -2.80. The zero-order valence-electron chi connectivity index (χ0n) is 10.8. The van der Waals surface area contributed by atoms with Gasteiger partial charge in [-0.3, -0.25) is 0 Å². The number of nitrogens with zero attached hydrogens (tertiary/aromatic N) is 1. The van der Waals surface area contributed by atoms with Crippen LogP contribution in [0.15, 0.2) is 48.5 Å². The van der Waals surface area contributed by atoms with Gasteiger partial charge in [0.2, 0.25) is 0 Å². The number of hydrogen-bond acceptors (Lipinski definition) is 3. The van der Waals surface area contributed by atoms with Gasteiger partial charge < -0.3 is 10.4 Å². The maximum absolute atomic E-state index is 11.1. The minimum absolute atomic E-state index is 0.322. The number of rotatable bonds is 5. The van der Waals surface area contributed by atoms with E-state index >= 15 is 0 Å². The molecule has 0 saturated heterocycles. The lowest BCUT2D eigenvalue weighted by Crippen LogP contribution is -2.09. The van der Waals surface area contributed by atoms with E-state index in [2.05, 4.69) is 11.4 Å². The molecule has 0 heterocycles. The Morgan fingerprint density at radius 3 is 2.60 bits per heavy atom. The largest absolute Gasteiger partial charge is 0.478 e. The maximum atomic E-state index is 11.1. The zero-order valence-corrected chi connectivity index (χ0v) is 10.8. The lowest BCUT2D eigenvalue weighted by Gasteiger charge is -2.09. The van der Waals surface area contributed by atoms with Gasteiger partial charge in [0.25, 0.3) is 0 Å². The van der Waals surface area contributed by atoms with Crippen molar-refractivity contribution >= 4 is 11.7 Å². The Morgan fingerprint density at radius 2 is 1.85 bits per heavy atom. The van der Waals surface area contributed by atoms with Gasteiger partial charge in [0.05, 0.1) is 16.8 Å². The SMILES string of the molecule is N#Cc1ccccc1NCCc1ccccc1C(=O)O. The molecule has 0 aliphatic carbocycles. The highest BCUT2D eigenvalue weighted by atomic mass is 16.4. The van der Waals surface area contributed by atoms with Crippen molar-refractivity contribution in [3.05, 3.63) is 65.2 Å². The van der Waals surface area contributed by atoms with E-state index in [1.165, 1.54) is 0 Å². The molecule has 0 radical (unpaired) electrons. The first-order valence-corrected chi connectivity index (χ1v) is 6.26. The number of para-hydroxylation sites is 1. The predicted octanol–water partition coefficient (Wildman–Crippen LogP) is 2.91. The molecule has 2 rings (SSSR count). The Kier molecular flexibility index (Phi) is 4.35. The zero-order chi connectivity index (χ0) is 14.4. The Bertz CT molecular complexity index is 660. The molecule has 0 aliphatic rings. The topological polar surface area (TPSA) is 73.1 Å². The Balaban J connectivity index is 2.04. The second-order valence-electron chi connectivity index (χ2n) is 4.30. The summed E-state index contributed by atoms with van der Waals surface area (Å²) >= 11 is 0. The molecule has 0 unspecified atom stereocenters. The minimum Gasteiger partial charge on any atom is -0.478 e. The molecule has 0 saturated carbocycles. The number of nitrogens with one attached hydrogen (secondary N) is 1. The van der Waals surface area contributed by atoms with Crippen molar-refractivity contribution in [2.45, 2.75) is 6.42 Å². The van der Waals surface area contributed by atoms with Crippen LogP contribution in [0.3, 0.4) is 0 Å². The molecular formula is C16H14N2O2. The normalized spacial score (nSPS) is 9.75. The van der Waals surface area contributed by atoms with Gasteiger partial charge >= 0.3 is 5.97 Å². The lowest BCUT2D eigenvalue weighted by atomic mass is 10.0. The predicted molar refractivity (Wildman–Crippen MR) is 76.8 cm³/mol. The number of carboxylic acids is 1. The number of carboxylic acid groups (broad SMARTS) is 1. The molecule has 2 N–H and O–H groups in total. The molecule has 0 aromatic heterocycles. The number of carbonyl (C=O) groups is 1. The van der Waals surface area contributed by atoms with Crippen molar-refractivity contribution in [1.82, 2.24) is 0 Å². The first-order chi connectivity index (χ1) is 9.72. The fraction of sp³-hybridized carbons (Fsp3) is 0.125. The number of aromatic carboxylic acids is 1. The highest BCUT2D eigenvalue weighted by molar-refractivity contribution is 5.89. The molecule has 0 spiro atoms. The van der Waals surface area contributed by atoms with Crippen molar-refractivity contribution in [3.63, 3.8) is 0 Å².